The monoisotopic (exact) mass is 488 g/mol. The molecule has 0 amide bonds. The van der Waals surface area contributed by atoms with E-state index in [0.29, 0.717) is 28.6 Å². The molecule has 0 radical (unpaired) electrons. The molecule has 0 aliphatic carbocycles. The van der Waals surface area contributed by atoms with Crippen LogP contribution in [0.25, 0.3) is 21.9 Å². The quantitative estimate of drug-likeness (QED) is 0.102. The maximum Gasteiger partial charge on any atom is 0.343 e. The van der Waals surface area contributed by atoms with E-state index in [9.17, 15) is 4.79 Å². The van der Waals surface area contributed by atoms with Gasteiger partial charge in [0.25, 0.3) is 0 Å². The minimum atomic E-state index is -0.436. The van der Waals surface area contributed by atoms with Gasteiger partial charge in [0.05, 0.1) is 5.56 Å². The van der Waals surface area contributed by atoms with Crippen molar-refractivity contribution >= 4 is 16.7 Å². The Morgan fingerprint density at radius 3 is 1.59 bits per heavy atom. The summed E-state index contributed by atoms with van der Waals surface area (Å²) >= 11 is 0. The zero-order chi connectivity index (χ0) is 26.5. The largest absolute Gasteiger partial charge is 0.458 e. The minimum Gasteiger partial charge on any atom is -0.458 e. The number of allylic oxidation sites excluding steroid dienone is 2. The molecular formula is C33H28O4. The smallest absolute Gasteiger partial charge is 0.343 e. The third kappa shape index (κ3) is 6.24. The Hall–Kier alpha value is -4.83. The van der Waals surface area contributed by atoms with Crippen LogP contribution in [-0.2, 0) is 0 Å². The van der Waals surface area contributed by atoms with Crippen molar-refractivity contribution in [3.63, 3.8) is 0 Å². The van der Waals surface area contributed by atoms with E-state index < -0.39 is 5.97 Å². The lowest BCUT2D eigenvalue weighted by Gasteiger charge is -2.10. The molecule has 4 heteroatoms. The van der Waals surface area contributed by atoms with Gasteiger partial charge in [-0.05, 0) is 101 Å². The molecule has 0 N–H and O–H groups in total. The average molecular weight is 489 g/mol. The summed E-state index contributed by atoms with van der Waals surface area (Å²) < 4.78 is 16.8. The summed E-state index contributed by atoms with van der Waals surface area (Å²) in [6.45, 7) is 19.0. The van der Waals surface area contributed by atoms with E-state index in [1.807, 2.05) is 56.3 Å². The standard InChI is InChI=1S/C33H28O4/c1-21(2)23(5)35-30-15-17-31(18-16-30)37-33(34)26-9-7-25(8-10-26)27-11-12-29-20-32(14-13-28(29)19-27)36-24(6)22(3)4/h7-20H,1,3,5-6H2,2,4H3. The highest BCUT2D eigenvalue weighted by Gasteiger charge is 2.10. The minimum absolute atomic E-state index is 0.423. The summed E-state index contributed by atoms with van der Waals surface area (Å²) in [5, 5.41) is 2.13. The number of carbonyl (C=O) groups is 1. The molecule has 184 valence electrons. The molecule has 0 aromatic heterocycles. The second-order valence-electron chi connectivity index (χ2n) is 8.77. The summed E-state index contributed by atoms with van der Waals surface area (Å²) in [4.78, 5) is 12.6. The van der Waals surface area contributed by atoms with Gasteiger partial charge in [0.2, 0.25) is 0 Å². The Kier molecular flexibility index (Phi) is 7.40. The normalized spacial score (nSPS) is 10.4. The maximum atomic E-state index is 12.6. The summed E-state index contributed by atoms with van der Waals surface area (Å²) in [6, 6.07) is 26.2. The molecule has 0 aliphatic rings. The lowest BCUT2D eigenvalue weighted by molar-refractivity contribution is 0.0734. The third-order valence-corrected chi connectivity index (χ3v) is 5.73. The Labute approximate surface area is 217 Å². The maximum absolute atomic E-state index is 12.6. The zero-order valence-electron chi connectivity index (χ0n) is 21.0. The topological polar surface area (TPSA) is 44.8 Å². The van der Waals surface area contributed by atoms with Gasteiger partial charge in [0.1, 0.15) is 28.8 Å². The van der Waals surface area contributed by atoms with E-state index in [1.54, 1.807) is 36.4 Å². The van der Waals surface area contributed by atoms with Crippen LogP contribution in [0.4, 0.5) is 0 Å². The molecule has 0 atom stereocenters. The number of hydrogen-bond acceptors (Lipinski definition) is 4. The highest BCUT2D eigenvalue weighted by Crippen LogP contribution is 2.29. The molecule has 0 bridgehead atoms. The number of carbonyl (C=O) groups excluding carboxylic acids is 1. The highest BCUT2D eigenvalue weighted by molar-refractivity contribution is 5.92. The first-order valence-electron chi connectivity index (χ1n) is 11.7. The SMILES string of the molecule is C=C(C)C(=C)Oc1ccc(OC(=O)c2ccc(-c3ccc4cc(OC(=C)C(=C)C)ccc4c3)cc2)cc1. The molecular weight excluding hydrogens is 460 g/mol. The van der Waals surface area contributed by atoms with Gasteiger partial charge in [-0.2, -0.15) is 0 Å². The van der Waals surface area contributed by atoms with E-state index in [0.717, 1.165) is 38.8 Å². The van der Waals surface area contributed by atoms with Crippen molar-refractivity contribution in [1.82, 2.24) is 0 Å². The summed E-state index contributed by atoms with van der Waals surface area (Å²) in [5.74, 6) is 2.33. The number of ether oxygens (including phenoxy) is 3. The predicted molar refractivity (Wildman–Crippen MR) is 150 cm³/mol. The van der Waals surface area contributed by atoms with E-state index in [1.165, 1.54) is 0 Å². The Balaban J connectivity index is 1.43. The molecule has 0 saturated heterocycles. The van der Waals surface area contributed by atoms with Gasteiger partial charge in [-0.1, -0.05) is 56.6 Å². The number of benzene rings is 4. The fourth-order valence-electron chi connectivity index (χ4n) is 3.47. The van der Waals surface area contributed by atoms with Crippen LogP contribution in [0, 0.1) is 0 Å². The molecule has 4 rings (SSSR count). The molecule has 4 nitrogen and oxygen atoms in total. The van der Waals surface area contributed by atoms with Crippen molar-refractivity contribution in [2.45, 2.75) is 13.8 Å². The van der Waals surface area contributed by atoms with E-state index in [-0.39, 0.29) is 0 Å². The third-order valence-electron chi connectivity index (χ3n) is 5.73. The first-order chi connectivity index (χ1) is 17.7. The van der Waals surface area contributed by atoms with Crippen molar-refractivity contribution in [3.8, 4) is 28.4 Å². The Morgan fingerprint density at radius 1 is 0.541 bits per heavy atom. The van der Waals surface area contributed by atoms with Crippen LogP contribution in [-0.4, -0.2) is 5.97 Å². The predicted octanol–water partition coefficient (Wildman–Crippen LogP) is 8.66. The molecule has 0 spiro atoms. The second kappa shape index (κ2) is 10.8. The van der Waals surface area contributed by atoms with Crippen LogP contribution >= 0.6 is 0 Å². The van der Waals surface area contributed by atoms with Gasteiger partial charge >= 0.3 is 5.97 Å². The van der Waals surface area contributed by atoms with Crippen LogP contribution in [0.5, 0.6) is 17.2 Å². The fraction of sp³-hybridized carbons (Fsp3) is 0.0606. The summed E-state index contributed by atoms with van der Waals surface area (Å²) in [6.07, 6.45) is 0. The van der Waals surface area contributed by atoms with Crippen molar-refractivity contribution in [2.75, 3.05) is 0 Å². The summed E-state index contributed by atoms with van der Waals surface area (Å²) in [5.41, 5.74) is 4.02. The lowest BCUT2D eigenvalue weighted by atomic mass is 10.00. The van der Waals surface area contributed by atoms with Crippen LogP contribution in [0.2, 0.25) is 0 Å². The van der Waals surface area contributed by atoms with E-state index in [2.05, 4.69) is 32.4 Å². The highest BCUT2D eigenvalue weighted by atomic mass is 16.5. The van der Waals surface area contributed by atoms with Gasteiger partial charge in [-0.25, -0.2) is 4.79 Å². The van der Waals surface area contributed by atoms with E-state index in [4.69, 9.17) is 14.2 Å². The number of hydrogen-bond donors (Lipinski definition) is 0. The first-order valence-corrected chi connectivity index (χ1v) is 11.7. The molecule has 0 heterocycles. The number of rotatable bonds is 9. The van der Waals surface area contributed by atoms with Crippen molar-refractivity contribution < 1.29 is 19.0 Å². The van der Waals surface area contributed by atoms with Crippen LogP contribution < -0.4 is 14.2 Å². The van der Waals surface area contributed by atoms with Crippen molar-refractivity contribution in [2.24, 2.45) is 0 Å². The average Bonchev–Trinajstić information content (AvgIpc) is 2.89. The number of fused-ring (bicyclic) bond motifs is 1. The van der Waals surface area contributed by atoms with Gasteiger partial charge in [-0.15, -0.1) is 0 Å². The molecule has 4 aromatic rings. The molecule has 0 saturated carbocycles. The van der Waals surface area contributed by atoms with Gasteiger partial charge < -0.3 is 14.2 Å². The molecule has 0 fully saturated rings. The Morgan fingerprint density at radius 2 is 1.00 bits per heavy atom. The van der Waals surface area contributed by atoms with Crippen molar-refractivity contribution in [3.05, 3.63) is 139 Å². The van der Waals surface area contributed by atoms with E-state index >= 15 is 0 Å². The second-order valence-corrected chi connectivity index (χ2v) is 8.77. The van der Waals surface area contributed by atoms with Crippen LogP contribution in [0.3, 0.4) is 0 Å². The lowest BCUT2D eigenvalue weighted by Crippen LogP contribution is -2.08. The summed E-state index contributed by atoms with van der Waals surface area (Å²) in [7, 11) is 0. The zero-order valence-corrected chi connectivity index (χ0v) is 21.0. The molecule has 0 aliphatic heterocycles. The van der Waals surface area contributed by atoms with Gasteiger partial charge in [0, 0.05) is 0 Å². The number of esters is 1. The van der Waals surface area contributed by atoms with Gasteiger partial charge in [0.15, 0.2) is 0 Å². The van der Waals surface area contributed by atoms with Crippen molar-refractivity contribution in [1.29, 1.82) is 0 Å². The van der Waals surface area contributed by atoms with Crippen LogP contribution in [0.1, 0.15) is 24.2 Å². The molecule has 4 aromatic carbocycles. The first kappa shape index (κ1) is 25.3. The molecule has 37 heavy (non-hydrogen) atoms. The van der Waals surface area contributed by atoms with Gasteiger partial charge in [-0.3, -0.25) is 0 Å². The Bertz CT molecular complexity index is 1520. The van der Waals surface area contributed by atoms with Crippen LogP contribution in [0.15, 0.2) is 134 Å². The molecule has 0 unspecified atom stereocenters. The fourth-order valence-corrected chi connectivity index (χ4v) is 3.47.